The standard InChI is InChI=1S/C19H20N2O5/c22-16-10-15(11-17(23)12-16)18(24)20-6-8-21(9-7-20)19(25)26-13-14-4-2-1-3-5-14/h1-5,10-12,22-23H,6-9,13H2. The molecule has 0 spiro atoms. The monoisotopic (exact) mass is 356 g/mol. The highest BCUT2D eigenvalue weighted by molar-refractivity contribution is 5.95. The molecule has 2 aromatic carbocycles. The molecular weight excluding hydrogens is 336 g/mol. The molecule has 136 valence electrons. The van der Waals surface area contributed by atoms with Crippen molar-refractivity contribution < 1.29 is 24.5 Å². The first-order valence-electron chi connectivity index (χ1n) is 8.31. The van der Waals surface area contributed by atoms with Crippen molar-refractivity contribution in [3.8, 4) is 11.5 Å². The van der Waals surface area contributed by atoms with Crippen molar-refractivity contribution in [2.24, 2.45) is 0 Å². The van der Waals surface area contributed by atoms with Crippen molar-refractivity contribution in [1.82, 2.24) is 9.80 Å². The molecule has 3 rings (SSSR count). The quantitative estimate of drug-likeness (QED) is 0.880. The van der Waals surface area contributed by atoms with Crippen LogP contribution >= 0.6 is 0 Å². The fraction of sp³-hybridized carbons (Fsp3) is 0.263. The molecule has 0 atom stereocenters. The van der Waals surface area contributed by atoms with Crippen molar-refractivity contribution in [3.63, 3.8) is 0 Å². The molecule has 26 heavy (non-hydrogen) atoms. The predicted octanol–water partition coefficient (Wildman–Crippen LogP) is 2.19. The Labute approximate surface area is 151 Å². The van der Waals surface area contributed by atoms with E-state index in [1.807, 2.05) is 30.3 Å². The van der Waals surface area contributed by atoms with E-state index in [1.165, 1.54) is 12.1 Å². The smallest absolute Gasteiger partial charge is 0.410 e. The second-order valence-electron chi connectivity index (χ2n) is 6.06. The number of aromatic hydroxyl groups is 2. The fourth-order valence-corrected chi connectivity index (χ4v) is 2.80. The lowest BCUT2D eigenvalue weighted by Gasteiger charge is -2.34. The molecule has 1 aliphatic rings. The van der Waals surface area contributed by atoms with E-state index >= 15 is 0 Å². The second kappa shape index (κ2) is 7.77. The number of nitrogens with zero attached hydrogens (tertiary/aromatic N) is 2. The molecule has 1 fully saturated rings. The Hall–Kier alpha value is -3.22. The minimum Gasteiger partial charge on any atom is -0.508 e. The zero-order chi connectivity index (χ0) is 18.5. The SMILES string of the molecule is O=C(OCc1ccccc1)N1CCN(C(=O)c2cc(O)cc(O)c2)CC1. The fourth-order valence-electron chi connectivity index (χ4n) is 2.80. The third kappa shape index (κ3) is 4.24. The maximum Gasteiger partial charge on any atom is 0.410 e. The summed E-state index contributed by atoms with van der Waals surface area (Å²) in [5, 5.41) is 19.0. The average molecular weight is 356 g/mol. The average Bonchev–Trinajstić information content (AvgIpc) is 2.65. The van der Waals surface area contributed by atoms with Gasteiger partial charge in [-0.3, -0.25) is 4.79 Å². The van der Waals surface area contributed by atoms with Gasteiger partial charge in [-0.1, -0.05) is 30.3 Å². The van der Waals surface area contributed by atoms with E-state index in [2.05, 4.69) is 0 Å². The Balaban J connectivity index is 1.52. The predicted molar refractivity (Wildman–Crippen MR) is 93.9 cm³/mol. The van der Waals surface area contributed by atoms with Crippen LogP contribution in [-0.2, 0) is 11.3 Å². The molecule has 7 nitrogen and oxygen atoms in total. The summed E-state index contributed by atoms with van der Waals surface area (Å²) in [7, 11) is 0. The molecule has 1 saturated heterocycles. The number of rotatable bonds is 3. The maximum atomic E-state index is 12.5. The van der Waals surface area contributed by atoms with Gasteiger partial charge in [0, 0.05) is 37.8 Å². The van der Waals surface area contributed by atoms with Gasteiger partial charge in [0.25, 0.3) is 5.91 Å². The zero-order valence-electron chi connectivity index (χ0n) is 14.2. The highest BCUT2D eigenvalue weighted by Crippen LogP contribution is 2.22. The highest BCUT2D eigenvalue weighted by Gasteiger charge is 2.26. The Morgan fingerprint density at radius 1 is 0.885 bits per heavy atom. The lowest BCUT2D eigenvalue weighted by atomic mass is 10.1. The lowest BCUT2D eigenvalue weighted by molar-refractivity contribution is 0.0543. The third-order valence-electron chi connectivity index (χ3n) is 4.18. The van der Waals surface area contributed by atoms with Crippen molar-refractivity contribution in [3.05, 3.63) is 59.7 Å². The molecular formula is C19H20N2O5. The van der Waals surface area contributed by atoms with Crippen molar-refractivity contribution in [1.29, 1.82) is 0 Å². The van der Waals surface area contributed by atoms with Crippen LogP contribution in [0.3, 0.4) is 0 Å². The lowest BCUT2D eigenvalue weighted by Crippen LogP contribution is -2.50. The van der Waals surface area contributed by atoms with Crippen molar-refractivity contribution >= 4 is 12.0 Å². The van der Waals surface area contributed by atoms with Gasteiger partial charge in [0.05, 0.1) is 0 Å². The summed E-state index contributed by atoms with van der Waals surface area (Å²) in [4.78, 5) is 27.7. The first-order valence-corrected chi connectivity index (χ1v) is 8.31. The third-order valence-corrected chi connectivity index (χ3v) is 4.18. The molecule has 0 radical (unpaired) electrons. The summed E-state index contributed by atoms with van der Waals surface area (Å²) in [5.41, 5.74) is 1.13. The molecule has 2 N–H and O–H groups in total. The Bertz CT molecular complexity index is 766. The van der Waals surface area contributed by atoms with Gasteiger partial charge in [-0.2, -0.15) is 0 Å². The van der Waals surface area contributed by atoms with E-state index in [0.717, 1.165) is 11.6 Å². The minimum atomic E-state index is -0.407. The van der Waals surface area contributed by atoms with Gasteiger partial charge in [0.1, 0.15) is 18.1 Å². The zero-order valence-corrected chi connectivity index (χ0v) is 14.2. The second-order valence-corrected chi connectivity index (χ2v) is 6.06. The van der Waals surface area contributed by atoms with Crippen molar-refractivity contribution in [2.45, 2.75) is 6.61 Å². The molecule has 2 amide bonds. The molecule has 1 aliphatic heterocycles. The molecule has 0 bridgehead atoms. The normalized spacial score (nSPS) is 14.2. The summed E-state index contributed by atoms with van der Waals surface area (Å²) < 4.78 is 5.30. The van der Waals surface area contributed by atoms with Gasteiger partial charge in [-0.25, -0.2) is 4.79 Å². The van der Waals surface area contributed by atoms with Gasteiger partial charge in [-0.05, 0) is 17.7 Å². The van der Waals surface area contributed by atoms with Gasteiger partial charge in [0.15, 0.2) is 0 Å². The van der Waals surface area contributed by atoms with Crippen LogP contribution in [0.2, 0.25) is 0 Å². The number of hydrogen-bond acceptors (Lipinski definition) is 5. The molecule has 0 aliphatic carbocycles. The van der Waals surface area contributed by atoms with Crippen LogP contribution in [-0.4, -0.2) is 58.2 Å². The molecule has 2 aromatic rings. The van der Waals surface area contributed by atoms with E-state index < -0.39 is 6.09 Å². The Morgan fingerprint density at radius 2 is 1.46 bits per heavy atom. The van der Waals surface area contributed by atoms with Crippen LogP contribution in [0.25, 0.3) is 0 Å². The number of piperazine rings is 1. The van der Waals surface area contributed by atoms with Crippen LogP contribution in [0, 0.1) is 0 Å². The number of hydrogen-bond donors (Lipinski definition) is 2. The van der Waals surface area contributed by atoms with Gasteiger partial charge >= 0.3 is 6.09 Å². The molecule has 0 saturated carbocycles. The van der Waals surface area contributed by atoms with E-state index in [0.29, 0.717) is 26.2 Å². The topological polar surface area (TPSA) is 90.3 Å². The van der Waals surface area contributed by atoms with E-state index in [1.54, 1.807) is 9.80 Å². The number of ether oxygens (including phenoxy) is 1. The summed E-state index contributed by atoms with van der Waals surface area (Å²) in [6.07, 6.45) is -0.407. The number of benzene rings is 2. The summed E-state index contributed by atoms with van der Waals surface area (Å²) >= 11 is 0. The van der Waals surface area contributed by atoms with Gasteiger partial charge in [-0.15, -0.1) is 0 Å². The number of carbonyl (C=O) groups is 2. The van der Waals surface area contributed by atoms with Gasteiger partial charge < -0.3 is 24.7 Å². The van der Waals surface area contributed by atoms with E-state index in [-0.39, 0.29) is 29.6 Å². The van der Waals surface area contributed by atoms with Crippen LogP contribution in [0.15, 0.2) is 48.5 Å². The maximum absolute atomic E-state index is 12.5. The van der Waals surface area contributed by atoms with Crippen molar-refractivity contribution in [2.75, 3.05) is 26.2 Å². The number of phenolic OH excluding ortho intramolecular Hbond substituents is 2. The summed E-state index contributed by atoms with van der Waals surface area (Å²) in [6.45, 7) is 1.65. The van der Waals surface area contributed by atoms with Gasteiger partial charge in [0.2, 0.25) is 0 Å². The molecule has 7 heteroatoms. The first-order chi connectivity index (χ1) is 12.5. The Morgan fingerprint density at radius 3 is 2.08 bits per heavy atom. The number of carbonyl (C=O) groups excluding carboxylic acids is 2. The minimum absolute atomic E-state index is 0.170. The summed E-state index contributed by atoms with van der Waals surface area (Å²) in [5.74, 6) is -0.638. The van der Waals surface area contributed by atoms with E-state index in [4.69, 9.17) is 4.74 Å². The molecule has 1 heterocycles. The van der Waals surface area contributed by atoms with Crippen LogP contribution < -0.4 is 0 Å². The van der Waals surface area contributed by atoms with Crippen LogP contribution in [0.5, 0.6) is 11.5 Å². The first kappa shape index (κ1) is 17.6. The largest absolute Gasteiger partial charge is 0.508 e. The number of phenols is 2. The summed E-state index contributed by atoms with van der Waals surface area (Å²) in [6, 6.07) is 13.2. The van der Waals surface area contributed by atoms with E-state index in [9.17, 15) is 19.8 Å². The van der Waals surface area contributed by atoms with Crippen LogP contribution in [0.4, 0.5) is 4.79 Å². The van der Waals surface area contributed by atoms with Crippen LogP contribution in [0.1, 0.15) is 15.9 Å². The molecule has 0 unspecified atom stereocenters. The molecule has 0 aromatic heterocycles. The highest BCUT2D eigenvalue weighted by atomic mass is 16.6. The number of amides is 2. The Kier molecular flexibility index (Phi) is 5.26.